The third-order valence-electron chi connectivity index (χ3n) is 3.01. The summed E-state index contributed by atoms with van der Waals surface area (Å²) in [6.07, 6.45) is 3.31. The summed E-state index contributed by atoms with van der Waals surface area (Å²) in [5.74, 6) is 0.578. The van der Waals surface area contributed by atoms with E-state index in [1.54, 1.807) is 6.07 Å². The number of hydrogen-bond donors (Lipinski definition) is 0. The highest BCUT2D eigenvalue weighted by atomic mass is 35.5. The van der Waals surface area contributed by atoms with Crippen LogP contribution in [0.5, 0.6) is 0 Å². The molecule has 0 unspecified atom stereocenters. The molecule has 1 saturated carbocycles. The lowest BCUT2D eigenvalue weighted by Crippen LogP contribution is -2.30. The van der Waals surface area contributed by atoms with Crippen molar-refractivity contribution < 1.29 is 4.79 Å². The largest absolute Gasteiger partial charge is 0.368 e. The van der Waals surface area contributed by atoms with Crippen molar-refractivity contribution in [2.45, 2.75) is 32.7 Å². The Morgan fingerprint density at radius 3 is 2.71 bits per heavy atom. The zero-order valence-corrected chi connectivity index (χ0v) is 11.1. The van der Waals surface area contributed by atoms with Crippen LogP contribution in [0.2, 0.25) is 5.02 Å². The summed E-state index contributed by atoms with van der Waals surface area (Å²) >= 11 is 6.08. The Bertz CT molecular complexity index is 413. The molecule has 0 aliphatic heterocycles. The van der Waals surface area contributed by atoms with Gasteiger partial charge in [0.05, 0.1) is 10.6 Å². The fourth-order valence-electron chi connectivity index (χ4n) is 2.12. The molecule has 0 N–H and O–H groups in total. The molecule has 1 aliphatic rings. The van der Waals surface area contributed by atoms with Crippen LogP contribution in [0.3, 0.4) is 0 Å². The maximum atomic E-state index is 11.2. The summed E-state index contributed by atoms with van der Waals surface area (Å²) < 4.78 is 0. The van der Waals surface area contributed by atoms with E-state index in [9.17, 15) is 4.79 Å². The second-order valence-electron chi connectivity index (χ2n) is 5.07. The van der Waals surface area contributed by atoms with Gasteiger partial charge in [-0.05, 0) is 30.9 Å². The van der Waals surface area contributed by atoms with Gasteiger partial charge in [-0.3, -0.25) is 4.79 Å². The minimum atomic E-state index is 0.548. The molecule has 0 saturated heterocycles. The number of aldehydes is 1. The number of benzene rings is 1. The summed E-state index contributed by atoms with van der Waals surface area (Å²) in [7, 11) is 0. The van der Waals surface area contributed by atoms with E-state index >= 15 is 0 Å². The Kier molecular flexibility index (Phi) is 3.72. The molecule has 1 aromatic carbocycles. The van der Waals surface area contributed by atoms with Crippen LogP contribution in [-0.4, -0.2) is 18.9 Å². The first kappa shape index (κ1) is 12.4. The van der Waals surface area contributed by atoms with Crippen molar-refractivity contribution in [3.05, 3.63) is 28.8 Å². The van der Waals surface area contributed by atoms with Gasteiger partial charge in [-0.25, -0.2) is 0 Å². The Hall–Kier alpha value is -1.02. The lowest BCUT2D eigenvalue weighted by Gasteiger charge is -2.28. The van der Waals surface area contributed by atoms with E-state index in [0.29, 0.717) is 22.5 Å². The van der Waals surface area contributed by atoms with Crippen LogP contribution in [0.15, 0.2) is 18.2 Å². The average molecular weight is 252 g/mol. The first-order valence-corrected chi connectivity index (χ1v) is 6.51. The topological polar surface area (TPSA) is 20.3 Å². The van der Waals surface area contributed by atoms with E-state index in [1.165, 1.54) is 12.8 Å². The van der Waals surface area contributed by atoms with Gasteiger partial charge in [0, 0.05) is 18.3 Å². The first-order valence-electron chi connectivity index (χ1n) is 6.13. The minimum absolute atomic E-state index is 0.548. The van der Waals surface area contributed by atoms with Crippen LogP contribution in [-0.2, 0) is 0 Å². The maximum absolute atomic E-state index is 11.2. The number of nitrogens with zero attached hydrogens (tertiary/aromatic N) is 1. The molecule has 1 aliphatic carbocycles. The number of rotatable bonds is 5. The highest BCUT2D eigenvalue weighted by Crippen LogP contribution is 2.35. The third-order valence-corrected chi connectivity index (χ3v) is 3.34. The molecule has 0 radical (unpaired) electrons. The third kappa shape index (κ3) is 2.81. The van der Waals surface area contributed by atoms with Crippen molar-refractivity contribution in [3.8, 4) is 0 Å². The van der Waals surface area contributed by atoms with Crippen molar-refractivity contribution in [1.82, 2.24) is 0 Å². The van der Waals surface area contributed by atoms with Gasteiger partial charge in [-0.1, -0.05) is 31.5 Å². The molecule has 0 amide bonds. The smallest absolute Gasteiger partial charge is 0.153 e. The van der Waals surface area contributed by atoms with Gasteiger partial charge in [0.1, 0.15) is 0 Å². The van der Waals surface area contributed by atoms with Gasteiger partial charge in [-0.15, -0.1) is 0 Å². The van der Waals surface area contributed by atoms with Crippen LogP contribution in [0.4, 0.5) is 5.69 Å². The molecule has 3 heteroatoms. The van der Waals surface area contributed by atoms with Crippen molar-refractivity contribution in [2.75, 3.05) is 11.4 Å². The predicted octanol–water partition coefficient (Wildman–Crippen LogP) is 3.78. The second-order valence-corrected chi connectivity index (χ2v) is 5.48. The fraction of sp³-hybridized carbons (Fsp3) is 0.500. The molecule has 2 nitrogen and oxygen atoms in total. The van der Waals surface area contributed by atoms with Crippen LogP contribution in [0, 0.1) is 5.92 Å². The average Bonchev–Trinajstić information content (AvgIpc) is 3.09. The molecule has 92 valence electrons. The predicted molar refractivity (Wildman–Crippen MR) is 72.0 cm³/mol. The standard InChI is InChI=1S/C14H18ClNO/c1-10(2)8-16(11-6-7-11)14-5-3-4-13(15)12(14)9-17/h3-5,9-11H,6-8H2,1-2H3. The zero-order valence-electron chi connectivity index (χ0n) is 10.3. The highest BCUT2D eigenvalue weighted by molar-refractivity contribution is 6.33. The van der Waals surface area contributed by atoms with Gasteiger partial charge < -0.3 is 4.90 Å². The summed E-state index contributed by atoms with van der Waals surface area (Å²) in [5, 5.41) is 0.548. The van der Waals surface area contributed by atoms with Crippen LogP contribution in [0.1, 0.15) is 37.0 Å². The molecule has 0 spiro atoms. The summed E-state index contributed by atoms with van der Waals surface area (Å²) in [4.78, 5) is 13.5. The Morgan fingerprint density at radius 2 is 2.18 bits per heavy atom. The number of carbonyl (C=O) groups is 1. The highest BCUT2D eigenvalue weighted by Gasteiger charge is 2.31. The monoisotopic (exact) mass is 251 g/mol. The number of hydrogen-bond acceptors (Lipinski definition) is 2. The van der Waals surface area contributed by atoms with Crippen LogP contribution in [0.25, 0.3) is 0 Å². The molecule has 1 fully saturated rings. The normalized spacial score (nSPS) is 15.1. The van der Waals surface area contributed by atoms with Crippen molar-refractivity contribution >= 4 is 23.6 Å². The molecule has 0 heterocycles. The van der Waals surface area contributed by atoms with Gasteiger partial charge in [0.15, 0.2) is 6.29 Å². The zero-order chi connectivity index (χ0) is 12.4. The molecule has 0 bridgehead atoms. The van der Waals surface area contributed by atoms with E-state index in [2.05, 4.69) is 18.7 Å². The van der Waals surface area contributed by atoms with E-state index in [0.717, 1.165) is 18.5 Å². The molecular weight excluding hydrogens is 234 g/mol. The lowest BCUT2D eigenvalue weighted by atomic mass is 10.1. The number of carbonyl (C=O) groups excluding carboxylic acids is 1. The van der Waals surface area contributed by atoms with Gasteiger partial charge >= 0.3 is 0 Å². The first-order chi connectivity index (χ1) is 8.13. The Morgan fingerprint density at radius 1 is 1.47 bits per heavy atom. The fourth-order valence-corrected chi connectivity index (χ4v) is 2.33. The maximum Gasteiger partial charge on any atom is 0.153 e. The van der Waals surface area contributed by atoms with E-state index in [1.807, 2.05) is 12.1 Å². The summed E-state index contributed by atoms with van der Waals surface area (Å²) in [6, 6.07) is 6.28. The quantitative estimate of drug-likeness (QED) is 0.743. The number of halogens is 1. The molecular formula is C14H18ClNO. The molecule has 1 aromatic rings. The van der Waals surface area contributed by atoms with Crippen LogP contribution >= 0.6 is 11.6 Å². The second kappa shape index (κ2) is 5.09. The van der Waals surface area contributed by atoms with Crippen LogP contribution < -0.4 is 4.90 Å². The molecule has 0 atom stereocenters. The van der Waals surface area contributed by atoms with Gasteiger partial charge in [-0.2, -0.15) is 0 Å². The SMILES string of the molecule is CC(C)CN(c1cccc(Cl)c1C=O)C1CC1. The van der Waals surface area contributed by atoms with Gasteiger partial charge in [0.2, 0.25) is 0 Å². The van der Waals surface area contributed by atoms with E-state index in [-0.39, 0.29) is 0 Å². The summed E-state index contributed by atoms with van der Waals surface area (Å²) in [5.41, 5.74) is 1.62. The van der Waals surface area contributed by atoms with Crippen molar-refractivity contribution in [3.63, 3.8) is 0 Å². The summed E-state index contributed by atoms with van der Waals surface area (Å²) in [6.45, 7) is 5.37. The Balaban J connectivity index is 2.34. The Labute approximate surface area is 108 Å². The van der Waals surface area contributed by atoms with E-state index in [4.69, 9.17) is 11.6 Å². The van der Waals surface area contributed by atoms with Gasteiger partial charge in [0.25, 0.3) is 0 Å². The lowest BCUT2D eigenvalue weighted by molar-refractivity contribution is 0.112. The van der Waals surface area contributed by atoms with Crippen molar-refractivity contribution in [2.24, 2.45) is 5.92 Å². The minimum Gasteiger partial charge on any atom is -0.368 e. The van der Waals surface area contributed by atoms with Crippen molar-refractivity contribution in [1.29, 1.82) is 0 Å². The molecule has 0 aromatic heterocycles. The molecule has 2 rings (SSSR count). The van der Waals surface area contributed by atoms with E-state index < -0.39 is 0 Å². The molecule has 17 heavy (non-hydrogen) atoms. The number of anilines is 1.